The fourth-order valence-electron chi connectivity index (χ4n) is 3.29. The highest BCUT2D eigenvalue weighted by molar-refractivity contribution is 5.91. The van der Waals surface area contributed by atoms with Crippen molar-refractivity contribution in [2.75, 3.05) is 14.1 Å². The largest absolute Gasteiger partial charge is 0.455 e. The van der Waals surface area contributed by atoms with Gasteiger partial charge in [-0.1, -0.05) is 0 Å². The van der Waals surface area contributed by atoms with Crippen LogP contribution in [0.1, 0.15) is 48.1 Å². The number of ether oxygens (including phenoxy) is 1. The highest BCUT2D eigenvalue weighted by Gasteiger charge is 2.15. The molecule has 3 N–H and O–H groups in total. The van der Waals surface area contributed by atoms with E-state index in [1.807, 2.05) is 50.2 Å². The Balaban J connectivity index is 0.000000733. The normalized spacial score (nSPS) is 10.6. The summed E-state index contributed by atoms with van der Waals surface area (Å²) in [6.07, 6.45) is 6.84. The third-order valence-electron chi connectivity index (χ3n) is 4.97. The predicted octanol–water partition coefficient (Wildman–Crippen LogP) is 4.16. The number of nitrogens with one attached hydrogen (secondary N) is 1. The van der Waals surface area contributed by atoms with Crippen molar-refractivity contribution >= 4 is 23.6 Å². The van der Waals surface area contributed by atoms with Crippen LogP contribution in [-0.4, -0.2) is 46.5 Å². The number of hydrogen-bond donors (Lipinski definition) is 2. The van der Waals surface area contributed by atoms with E-state index in [-0.39, 0.29) is 17.5 Å². The Morgan fingerprint density at radius 1 is 1.14 bits per heavy atom. The molecule has 0 saturated carbocycles. The lowest BCUT2D eigenvalue weighted by Gasteiger charge is -2.18. The van der Waals surface area contributed by atoms with Gasteiger partial charge in [-0.25, -0.2) is 4.39 Å². The van der Waals surface area contributed by atoms with Gasteiger partial charge in [-0.15, -0.1) is 0 Å². The number of amides is 1. The molecule has 10 heteroatoms. The van der Waals surface area contributed by atoms with Crippen LogP contribution in [0.3, 0.4) is 0 Å². The minimum atomic E-state index is -0.607. The Hall–Kier alpha value is -4.18. The first kappa shape index (κ1) is 29.1. The van der Waals surface area contributed by atoms with E-state index in [9.17, 15) is 9.18 Å². The maximum atomic E-state index is 13.9. The highest BCUT2D eigenvalue weighted by Crippen LogP contribution is 2.31. The number of aryl methyl sites for hydroxylation is 1. The van der Waals surface area contributed by atoms with Gasteiger partial charge in [0.15, 0.2) is 6.29 Å². The zero-order valence-corrected chi connectivity index (χ0v) is 21.9. The maximum Gasteiger partial charge on any atom is 0.204 e. The molecule has 0 saturated heterocycles. The molecule has 196 valence electrons. The summed E-state index contributed by atoms with van der Waals surface area (Å²) in [5, 5.41) is 7.74. The second kappa shape index (κ2) is 13.2. The predicted molar refractivity (Wildman–Crippen MR) is 141 cm³/mol. The molecule has 37 heavy (non-hydrogen) atoms. The number of nitrogens with two attached hydrogens (primary N) is 1. The third kappa shape index (κ3) is 7.91. The fourth-order valence-corrected chi connectivity index (χ4v) is 3.29. The van der Waals surface area contributed by atoms with E-state index in [1.165, 1.54) is 12.1 Å². The summed E-state index contributed by atoms with van der Waals surface area (Å²) in [4.78, 5) is 28.5. The molecular formula is C27H33FN6O3. The Morgan fingerprint density at radius 3 is 2.38 bits per heavy atom. The van der Waals surface area contributed by atoms with E-state index in [2.05, 4.69) is 46.9 Å². The third-order valence-corrected chi connectivity index (χ3v) is 4.97. The molecule has 0 spiro atoms. The molecular weight excluding hydrogens is 475 g/mol. The van der Waals surface area contributed by atoms with Gasteiger partial charge in [0.05, 0.1) is 28.5 Å². The number of benzene rings is 1. The first-order valence-electron chi connectivity index (χ1n) is 11.5. The molecule has 0 aliphatic heterocycles. The molecule has 0 fully saturated rings. The molecule has 4 rings (SSSR count). The van der Waals surface area contributed by atoms with Crippen molar-refractivity contribution in [3.05, 3.63) is 77.3 Å². The lowest BCUT2D eigenvalue weighted by molar-refractivity contribution is -0.106. The molecule has 0 radical (unpaired) electrons. The number of fused-ring (bicyclic) bond motifs is 1. The second-order valence-electron chi connectivity index (χ2n) is 9.08. The number of aromatic nitrogens is 4. The summed E-state index contributed by atoms with van der Waals surface area (Å²) in [6.45, 7) is 8.19. The summed E-state index contributed by atoms with van der Waals surface area (Å²) < 4.78 is 21.9. The van der Waals surface area contributed by atoms with Crippen molar-refractivity contribution in [3.63, 3.8) is 0 Å². The molecule has 0 atom stereocenters. The van der Waals surface area contributed by atoms with Gasteiger partial charge >= 0.3 is 0 Å². The number of carbonyl (C=O) groups is 2. The number of pyridine rings is 2. The van der Waals surface area contributed by atoms with E-state index in [4.69, 9.17) is 9.53 Å². The monoisotopic (exact) mass is 508 g/mol. The molecule has 1 amide bonds. The van der Waals surface area contributed by atoms with Crippen LogP contribution in [0.5, 0.6) is 11.5 Å². The smallest absolute Gasteiger partial charge is 0.204 e. The zero-order chi connectivity index (χ0) is 27.6. The van der Waals surface area contributed by atoms with Crippen molar-refractivity contribution in [1.82, 2.24) is 25.1 Å². The van der Waals surface area contributed by atoms with Gasteiger partial charge in [-0.3, -0.25) is 24.2 Å². The van der Waals surface area contributed by atoms with Crippen LogP contribution in [-0.2, 0) is 16.8 Å². The first-order valence-corrected chi connectivity index (χ1v) is 11.5. The molecule has 3 aromatic heterocycles. The van der Waals surface area contributed by atoms with Crippen LogP contribution in [0.4, 0.5) is 4.39 Å². The van der Waals surface area contributed by atoms with Gasteiger partial charge in [-0.2, -0.15) is 5.10 Å². The summed E-state index contributed by atoms with van der Waals surface area (Å²) in [5.41, 5.74) is 7.19. The Labute approximate surface area is 215 Å². The number of rotatable bonds is 5. The first-order chi connectivity index (χ1) is 17.6. The quantitative estimate of drug-likeness (QED) is 0.388. The number of aldehydes is 1. The Bertz CT molecular complexity index is 1350. The molecule has 1 aromatic carbocycles. The Kier molecular flexibility index (Phi) is 10.4. The van der Waals surface area contributed by atoms with Crippen molar-refractivity contribution in [3.8, 4) is 11.5 Å². The van der Waals surface area contributed by atoms with Crippen LogP contribution in [0, 0.1) is 12.7 Å². The minimum Gasteiger partial charge on any atom is -0.455 e. The van der Waals surface area contributed by atoms with Crippen molar-refractivity contribution < 1.29 is 18.7 Å². The van der Waals surface area contributed by atoms with Gasteiger partial charge in [0, 0.05) is 36.0 Å². The van der Waals surface area contributed by atoms with E-state index in [0.29, 0.717) is 35.1 Å². The van der Waals surface area contributed by atoms with Gasteiger partial charge in [-0.05, 0) is 71.6 Å². The summed E-state index contributed by atoms with van der Waals surface area (Å²) in [7, 11) is 3.75. The van der Waals surface area contributed by atoms with Crippen molar-refractivity contribution in [2.45, 2.75) is 39.7 Å². The molecule has 0 aliphatic rings. The van der Waals surface area contributed by atoms with Gasteiger partial charge in [0.25, 0.3) is 0 Å². The second-order valence-corrected chi connectivity index (χ2v) is 9.08. The molecule has 0 aliphatic carbocycles. The lowest BCUT2D eigenvalue weighted by atomic mass is 10.1. The number of hydrogen-bond acceptors (Lipinski definition) is 7. The number of nitrogens with zero attached hydrogens (tertiary/aromatic N) is 4. The fraction of sp³-hybridized carbons (Fsp3) is 0.296. The average Bonchev–Trinajstić information content (AvgIpc) is 3.31. The zero-order valence-electron chi connectivity index (χ0n) is 21.9. The summed E-state index contributed by atoms with van der Waals surface area (Å²) >= 11 is 0. The molecule has 4 aromatic rings. The number of carbonyl (C=O) groups excluding carboxylic acids is 2. The number of primary amides is 1. The van der Waals surface area contributed by atoms with E-state index in [0.717, 1.165) is 17.0 Å². The van der Waals surface area contributed by atoms with E-state index >= 15 is 0 Å². The summed E-state index contributed by atoms with van der Waals surface area (Å²) in [6, 6.07) is 8.14. The van der Waals surface area contributed by atoms with Gasteiger partial charge in [0.2, 0.25) is 6.41 Å². The summed E-state index contributed by atoms with van der Waals surface area (Å²) in [5.74, 6) is 0.458. The van der Waals surface area contributed by atoms with Crippen LogP contribution < -0.4 is 15.8 Å². The molecule has 0 unspecified atom stereocenters. The van der Waals surface area contributed by atoms with Crippen LogP contribution >= 0.6 is 0 Å². The van der Waals surface area contributed by atoms with E-state index in [1.54, 1.807) is 12.3 Å². The topological polar surface area (TPSA) is 125 Å². The van der Waals surface area contributed by atoms with Crippen LogP contribution in [0.25, 0.3) is 10.9 Å². The van der Waals surface area contributed by atoms with Crippen LogP contribution in [0.15, 0.2) is 48.9 Å². The van der Waals surface area contributed by atoms with E-state index < -0.39 is 5.82 Å². The molecule has 3 heterocycles. The van der Waals surface area contributed by atoms with Gasteiger partial charge < -0.3 is 15.8 Å². The standard InChI is InChI=1S/C24H23FN4O2.C2H7N.CH3NO/c1-15-22(6-5-18(28-15)9-16-12-27-29(13-16)24(2,3)4)31-23-7-8-26-21-11-20(25)17(14-30)10-19(21)23;1-3-2;2-1-3/h5-8,10-14H,9H2,1-4H3;3H,1-2H3;1H,(H2,2,3). The van der Waals surface area contributed by atoms with Crippen molar-refractivity contribution in [1.29, 1.82) is 0 Å². The molecule has 0 bridgehead atoms. The minimum absolute atomic E-state index is 0.0358. The molecule has 9 nitrogen and oxygen atoms in total. The van der Waals surface area contributed by atoms with Crippen LogP contribution in [0.2, 0.25) is 0 Å². The Morgan fingerprint density at radius 2 is 1.81 bits per heavy atom. The number of halogens is 1. The maximum absolute atomic E-state index is 13.9. The SMILES string of the molecule is CNC.Cc1nc(Cc2cnn(C(C)(C)C)c2)ccc1Oc1ccnc2cc(F)c(C=O)cc12.NC=O. The highest BCUT2D eigenvalue weighted by atomic mass is 19.1. The van der Waals surface area contributed by atoms with Gasteiger partial charge in [0.1, 0.15) is 17.3 Å². The lowest BCUT2D eigenvalue weighted by Crippen LogP contribution is -2.21. The average molecular weight is 509 g/mol. The van der Waals surface area contributed by atoms with Crippen molar-refractivity contribution in [2.24, 2.45) is 5.73 Å².